The summed E-state index contributed by atoms with van der Waals surface area (Å²) in [6, 6.07) is 9.58. The molecule has 1 amide bonds. The summed E-state index contributed by atoms with van der Waals surface area (Å²) in [6.45, 7) is 0.660. The van der Waals surface area contributed by atoms with Gasteiger partial charge in [0, 0.05) is 19.3 Å². The molecule has 0 unspecified atom stereocenters. The zero-order valence-corrected chi connectivity index (χ0v) is 11.1. The van der Waals surface area contributed by atoms with Crippen LogP contribution in [0.2, 0.25) is 0 Å². The molecule has 18 heavy (non-hydrogen) atoms. The second-order valence-electron chi connectivity index (χ2n) is 3.93. The Morgan fingerprint density at radius 1 is 1.28 bits per heavy atom. The number of carbonyl (C=O) groups is 1. The number of benzene rings is 1. The summed E-state index contributed by atoms with van der Waals surface area (Å²) in [5.41, 5.74) is 2.80. The molecule has 2 rings (SSSR count). The second-order valence-corrected chi connectivity index (χ2v) is 4.71. The van der Waals surface area contributed by atoms with Crippen molar-refractivity contribution in [3.63, 3.8) is 0 Å². The lowest BCUT2D eigenvalue weighted by Gasteiger charge is -2.09. The molecular weight excluding hydrogens is 244 g/mol. The largest absolute Gasteiger partial charge is 0.387 e. The van der Waals surface area contributed by atoms with Crippen LogP contribution < -0.4 is 10.6 Å². The zero-order valence-electron chi connectivity index (χ0n) is 10.3. The second kappa shape index (κ2) is 6.21. The lowest BCUT2D eigenvalue weighted by Crippen LogP contribution is -2.26. The monoisotopic (exact) mass is 260 g/mol. The van der Waals surface area contributed by atoms with Crippen LogP contribution in [0.5, 0.6) is 0 Å². The van der Waals surface area contributed by atoms with E-state index in [1.165, 1.54) is 5.56 Å². The number of nitrogens with one attached hydrogen (secondary N) is 2. The maximum atomic E-state index is 12.0. The van der Waals surface area contributed by atoms with Crippen molar-refractivity contribution >= 4 is 22.9 Å². The van der Waals surface area contributed by atoms with Crippen LogP contribution in [-0.4, -0.2) is 19.5 Å². The normalized spacial score (nSPS) is 10.1. The highest BCUT2D eigenvalue weighted by atomic mass is 32.1. The maximum absolute atomic E-state index is 12.0. The number of amides is 1. The van der Waals surface area contributed by atoms with Crippen LogP contribution in [0, 0.1) is 0 Å². The SMILES string of the molecule is CNc1ccccc1C(=O)NCCc1ccsc1. The van der Waals surface area contributed by atoms with Gasteiger partial charge in [0.25, 0.3) is 5.91 Å². The Morgan fingerprint density at radius 2 is 2.11 bits per heavy atom. The summed E-state index contributed by atoms with van der Waals surface area (Å²) in [4.78, 5) is 12.0. The molecule has 0 atom stereocenters. The first kappa shape index (κ1) is 12.6. The minimum Gasteiger partial charge on any atom is -0.387 e. The first-order chi connectivity index (χ1) is 8.81. The molecule has 0 saturated carbocycles. The topological polar surface area (TPSA) is 41.1 Å². The molecule has 0 spiro atoms. The Hall–Kier alpha value is -1.81. The van der Waals surface area contributed by atoms with Gasteiger partial charge in [0.1, 0.15) is 0 Å². The van der Waals surface area contributed by atoms with E-state index in [9.17, 15) is 4.79 Å². The van der Waals surface area contributed by atoms with Gasteiger partial charge in [0.15, 0.2) is 0 Å². The summed E-state index contributed by atoms with van der Waals surface area (Å²) in [5, 5.41) is 10.1. The standard InChI is InChI=1S/C14H16N2OS/c1-15-13-5-3-2-4-12(13)14(17)16-8-6-11-7-9-18-10-11/h2-5,7,9-10,15H,6,8H2,1H3,(H,16,17). The lowest BCUT2D eigenvalue weighted by atomic mass is 10.1. The molecule has 0 fully saturated rings. The number of hydrogen-bond acceptors (Lipinski definition) is 3. The summed E-state index contributed by atoms with van der Waals surface area (Å²) < 4.78 is 0. The number of thiophene rings is 1. The van der Waals surface area contributed by atoms with Crippen molar-refractivity contribution in [3.05, 3.63) is 52.2 Å². The molecule has 0 bridgehead atoms. The number of carbonyl (C=O) groups excluding carboxylic acids is 1. The van der Waals surface area contributed by atoms with Crippen LogP contribution in [0.1, 0.15) is 15.9 Å². The van der Waals surface area contributed by atoms with E-state index in [0.717, 1.165) is 12.1 Å². The van der Waals surface area contributed by atoms with E-state index in [2.05, 4.69) is 22.1 Å². The third-order valence-corrected chi connectivity index (χ3v) is 3.45. The average Bonchev–Trinajstić information content (AvgIpc) is 2.91. The van der Waals surface area contributed by atoms with Gasteiger partial charge < -0.3 is 10.6 Å². The van der Waals surface area contributed by atoms with Gasteiger partial charge in [-0.25, -0.2) is 0 Å². The predicted molar refractivity (Wildman–Crippen MR) is 76.3 cm³/mol. The van der Waals surface area contributed by atoms with Crippen LogP contribution in [0.25, 0.3) is 0 Å². The van der Waals surface area contributed by atoms with E-state index in [1.807, 2.05) is 36.7 Å². The molecule has 3 nitrogen and oxygen atoms in total. The Labute approximate surface area is 111 Å². The van der Waals surface area contributed by atoms with E-state index in [-0.39, 0.29) is 5.91 Å². The van der Waals surface area contributed by atoms with Crippen molar-refractivity contribution in [1.29, 1.82) is 0 Å². The Balaban J connectivity index is 1.91. The van der Waals surface area contributed by atoms with Crippen molar-refractivity contribution in [2.24, 2.45) is 0 Å². The highest BCUT2D eigenvalue weighted by Gasteiger charge is 2.08. The van der Waals surface area contributed by atoms with Crippen LogP contribution >= 0.6 is 11.3 Å². The third-order valence-electron chi connectivity index (χ3n) is 2.72. The Kier molecular flexibility index (Phi) is 4.36. The first-order valence-electron chi connectivity index (χ1n) is 5.87. The minimum atomic E-state index is -0.0322. The highest BCUT2D eigenvalue weighted by molar-refractivity contribution is 7.07. The van der Waals surface area contributed by atoms with Gasteiger partial charge in [0.2, 0.25) is 0 Å². The summed E-state index contributed by atoms with van der Waals surface area (Å²) in [6.07, 6.45) is 0.872. The summed E-state index contributed by atoms with van der Waals surface area (Å²) in [7, 11) is 1.82. The molecule has 1 aromatic carbocycles. The molecule has 0 aliphatic heterocycles. The average molecular weight is 260 g/mol. The highest BCUT2D eigenvalue weighted by Crippen LogP contribution is 2.13. The lowest BCUT2D eigenvalue weighted by molar-refractivity contribution is 0.0955. The minimum absolute atomic E-state index is 0.0322. The zero-order chi connectivity index (χ0) is 12.8. The van der Waals surface area contributed by atoms with E-state index in [4.69, 9.17) is 0 Å². The van der Waals surface area contributed by atoms with E-state index < -0.39 is 0 Å². The molecular formula is C14H16N2OS. The molecule has 2 aromatic rings. The number of rotatable bonds is 5. The Morgan fingerprint density at radius 3 is 2.83 bits per heavy atom. The molecule has 94 valence electrons. The maximum Gasteiger partial charge on any atom is 0.253 e. The molecule has 4 heteroatoms. The van der Waals surface area contributed by atoms with Crippen molar-refractivity contribution in [2.75, 3.05) is 18.9 Å². The predicted octanol–water partition coefficient (Wildman–Crippen LogP) is 2.76. The molecule has 0 saturated heterocycles. The molecule has 1 heterocycles. The molecule has 1 aromatic heterocycles. The van der Waals surface area contributed by atoms with Gasteiger partial charge in [-0.15, -0.1) is 0 Å². The number of para-hydroxylation sites is 1. The van der Waals surface area contributed by atoms with Crippen LogP contribution in [0.4, 0.5) is 5.69 Å². The quantitative estimate of drug-likeness (QED) is 0.868. The van der Waals surface area contributed by atoms with E-state index in [1.54, 1.807) is 11.3 Å². The molecule has 0 aliphatic rings. The third kappa shape index (κ3) is 3.11. The molecule has 0 radical (unpaired) electrons. The molecule has 0 aliphatic carbocycles. The fourth-order valence-corrected chi connectivity index (χ4v) is 2.45. The van der Waals surface area contributed by atoms with E-state index >= 15 is 0 Å². The van der Waals surface area contributed by atoms with Crippen molar-refractivity contribution in [1.82, 2.24) is 5.32 Å². The van der Waals surface area contributed by atoms with E-state index in [0.29, 0.717) is 12.1 Å². The van der Waals surface area contributed by atoms with Crippen molar-refractivity contribution in [2.45, 2.75) is 6.42 Å². The van der Waals surface area contributed by atoms with Gasteiger partial charge in [0.05, 0.1) is 5.56 Å². The number of hydrogen-bond donors (Lipinski definition) is 2. The van der Waals surface area contributed by atoms with Crippen LogP contribution in [0.15, 0.2) is 41.1 Å². The molecule has 2 N–H and O–H groups in total. The van der Waals surface area contributed by atoms with Crippen molar-refractivity contribution < 1.29 is 4.79 Å². The fourth-order valence-electron chi connectivity index (χ4n) is 1.75. The van der Waals surface area contributed by atoms with Gasteiger partial charge in [-0.1, -0.05) is 12.1 Å². The van der Waals surface area contributed by atoms with Crippen LogP contribution in [0.3, 0.4) is 0 Å². The summed E-state index contributed by atoms with van der Waals surface area (Å²) in [5.74, 6) is -0.0322. The number of anilines is 1. The van der Waals surface area contributed by atoms with Crippen molar-refractivity contribution in [3.8, 4) is 0 Å². The smallest absolute Gasteiger partial charge is 0.253 e. The Bertz CT molecular complexity index is 508. The first-order valence-corrected chi connectivity index (χ1v) is 6.81. The van der Waals surface area contributed by atoms with Gasteiger partial charge >= 0.3 is 0 Å². The fraction of sp³-hybridized carbons (Fsp3) is 0.214. The van der Waals surface area contributed by atoms with Gasteiger partial charge in [-0.3, -0.25) is 4.79 Å². The van der Waals surface area contributed by atoms with Gasteiger partial charge in [-0.05, 0) is 40.9 Å². The summed E-state index contributed by atoms with van der Waals surface area (Å²) >= 11 is 1.68. The van der Waals surface area contributed by atoms with Crippen LogP contribution in [-0.2, 0) is 6.42 Å². The van der Waals surface area contributed by atoms with Gasteiger partial charge in [-0.2, -0.15) is 11.3 Å².